The van der Waals surface area contributed by atoms with Crippen molar-refractivity contribution in [3.63, 3.8) is 0 Å². The highest BCUT2D eigenvalue weighted by Crippen LogP contribution is 2.01. The molecule has 0 unspecified atom stereocenters. The minimum Gasteiger partial charge on any atom is -0.314 e. The molecular formula is C12H19NO. The van der Waals surface area contributed by atoms with Crippen LogP contribution in [0, 0.1) is 0 Å². The fourth-order valence-corrected chi connectivity index (χ4v) is 1.36. The lowest BCUT2D eigenvalue weighted by Crippen LogP contribution is -2.23. The molecule has 0 amide bonds. The molecule has 0 fully saturated rings. The van der Waals surface area contributed by atoms with Gasteiger partial charge in [-0.2, -0.15) is 5.06 Å². The lowest BCUT2D eigenvalue weighted by atomic mass is 10.1. The second-order valence-electron chi connectivity index (χ2n) is 3.54. The number of hydrogen-bond acceptors (Lipinski definition) is 2. The Morgan fingerprint density at radius 2 is 1.86 bits per heavy atom. The molecule has 2 nitrogen and oxygen atoms in total. The molecule has 0 aromatic heterocycles. The van der Waals surface area contributed by atoms with E-state index < -0.39 is 0 Å². The maximum absolute atomic E-state index is 9.47. The Morgan fingerprint density at radius 3 is 2.50 bits per heavy atom. The van der Waals surface area contributed by atoms with Gasteiger partial charge in [0.05, 0.1) is 0 Å². The van der Waals surface area contributed by atoms with Crippen molar-refractivity contribution >= 4 is 0 Å². The van der Waals surface area contributed by atoms with E-state index in [1.807, 2.05) is 18.2 Å². The van der Waals surface area contributed by atoms with E-state index >= 15 is 0 Å². The topological polar surface area (TPSA) is 23.5 Å². The molecule has 1 N–H and O–H groups in total. The molecule has 14 heavy (non-hydrogen) atoms. The average molecular weight is 193 g/mol. The maximum Gasteiger partial charge on any atom is 0.0278 e. The predicted molar refractivity (Wildman–Crippen MR) is 58.4 cm³/mol. The van der Waals surface area contributed by atoms with Gasteiger partial charge in [0, 0.05) is 13.1 Å². The van der Waals surface area contributed by atoms with Gasteiger partial charge in [0.1, 0.15) is 0 Å². The summed E-state index contributed by atoms with van der Waals surface area (Å²) in [5.41, 5.74) is 1.28. The van der Waals surface area contributed by atoms with E-state index in [1.54, 1.807) is 0 Å². The molecule has 0 aliphatic heterocycles. The van der Waals surface area contributed by atoms with Crippen LogP contribution in [-0.4, -0.2) is 23.4 Å². The normalized spacial score (nSPS) is 10.8. The Hall–Kier alpha value is -0.860. The first kappa shape index (κ1) is 11.2. The molecule has 0 radical (unpaired) electrons. The van der Waals surface area contributed by atoms with E-state index in [2.05, 4.69) is 19.1 Å². The van der Waals surface area contributed by atoms with Gasteiger partial charge >= 0.3 is 0 Å². The van der Waals surface area contributed by atoms with Gasteiger partial charge in [0.2, 0.25) is 0 Å². The molecule has 1 aromatic carbocycles. The molecule has 0 spiro atoms. The highest BCUT2D eigenvalue weighted by atomic mass is 16.5. The second kappa shape index (κ2) is 6.57. The standard InChI is InChI=1S/C12H19NO/c1-2-3-10-13(14)11-9-12-7-5-4-6-8-12/h4-8,14H,2-3,9-11H2,1H3. The summed E-state index contributed by atoms with van der Waals surface area (Å²) in [6, 6.07) is 10.3. The summed E-state index contributed by atoms with van der Waals surface area (Å²) in [6.45, 7) is 3.64. The van der Waals surface area contributed by atoms with Crippen LogP contribution >= 0.6 is 0 Å². The number of hydrogen-bond donors (Lipinski definition) is 1. The van der Waals surface area contributed by atoms with Gasteiger partial charge in [0.15, 0.2) is 0 Å². The van der Waals surface area contributed by atoms with Crippen molar-refractivity contribution in [1.82, 2.24) is 5.06 Å². The summed E-state index contributed by atoms with van der Waals surface area (Å²) in [5, 5.41) is 10.9. The monoisotopic (exact) mass is 193 g/mol. The van der Waals surface area contributed by atoms with Gasteiger partial charge in [-0.3, -0.25) is 0 Å². The van der Waals surface area contributed by atoms with Crippen molar-refractivity contribution < 1.29 is 5.21 Å². The highest BCUT2D eigenvalue weighted by Gasteiger charge is 1.99. The van der Waals surface area contributed by atoms with Crippen molar-refractivity contribution in [3.8, 4) is 0 Å². The average Bonchev–Trinajstić information content (AvgIpc) is 2.25. The number of rotatable bonds is 6. The molecule has 0 aliphatic rings. The van der Waals surface area contributed by atoms with Gasteiger partial charge in [-0.15, -0.1) is 0 Å². The van der Waals surface area contributed by atoms with Crippen molar-refractivity contribution in [1.29, 1.82) is 0 Å². The van der Waals surface area contributed by atoms with E-state index in [0.29, 0.717) is 0 Å². The lowest BCUT2D eigenvalue weighted by Gasteiger charge is -2.13. The van der Waals surface area contributed by atoms with Gasteiger partial charge in [-0.1, -0.05) is 43.7 Å². The first-order chi connectivity index (χ1) is 6.83. The summed E-state index contributed by atoms with van der Waals surface area (Å²) >= 11 is 0. The van der Waals surface area contributed by atoms with Crippen LogP contribution in [0.3, 0.4) is 0 Å². The highest BCUT2D eigenvalue weighted by molar-refractivity contribution is 5.14. The second-order valence-corrected chi connectivity index (χ2v) is 3.54. The summed E-state index contributed by atoms with van der Waals surface area (Å²) in [6.07, 6.45) is 3.11. The third-order valence-electron chi connectivity index (χ3n) is 2.27. The van der Waals surface area contributed by atoms with E-state index in [4.69, 9.17) is 0 Å². The fraction of sp³-hybridized carbons (Fsp3) is 0.500. The number of unbranched alkanes of at least 4 members (excludes halogenated alkanes) is 1. The van der Waals surface area contributed by atoms with E-state index in [-0.39, 0.29) is 0 Å². The van der Waals surface area contributed by atoms with Crippen molar-refractivity contribution in [2.45, 2.75) is 26.2 Å². The Bertz CT molecular complexity index is 235. The van der Waals surface area contributed by atoms with Gasteiger partial charge < -0.3 is 5.21 Å². The lowest BCUT2D eigenvalue weighted by molar-refractivity contribution is -0.0903. The Kier molecular flexibility index (Phi) is 5.27. The molecule has 1 rings (SSSR count). The Balaban J connectivity index is 2.20. The van der Waals surface area contributed by atoms with Crippen LogP contribution in [0.2, 0.25) is 0 Å². The minimum absolute atomic E-state index is 0.726. The molecule has 0 saturated heterocycles. The molecule has 0 atom stereocenters. The van der Waals surface area contributed by atoms with Crippen molar-refractivity contribution in [3.05, 3.63) is 35.9 Å². The number of hydroxylamine groups is 2. The van der Waals surface area contributed by atoms with Crippen molar-refractivity contribution in [2.75, 3.05) is 13.1 Å². The first-order valence-electron chi connectivity index (χ1n) is 5.30. The van der Waals surface area contributed by atoms with Crippen LogP contribution in [0.25, 0.3) is 0 Å². The molecule has 0 heterocycles. The summed E-state index contributed by atoms with van der Waals surface area (Å²) in [7, 11) is 0. The third kappa shape index (κ3) is 4.40. The number of nitrogens with zero attached hydrogens (tertiary/aromatic N) is 1. The van der Waals surface area contributed by atoms with Crippen LogP contribution in [0.4, 0.5) is 0 Å². The Morgan fingerprint density at radius 1 is 1.14 bits per heavy atom. The first-order valence-corrected chi connectivity index (χ1v) is 5.30. The molecule has 0 bridgehead atoms. The zero-order valence-corrected chi connectivity index (χ0v) is 8.82. The SMILES string of the molecule is CCCCN(O)CCc1ccccc1. The molecule has 78 valence electrons. The summed E-state index contributed by atoms with van der Waals surface area (Å²) in [4.78, 5) is 0. The summed E-state index contributed by atoms with van der Waals surface area (Å²) < 4.78 is 0. The minimum atomic E-state index is 0.726. The van der Waals surface area contributed by atoms with Crippen molar-refractivity contribution in [2.24, 2.45) is 0 Å². The summed E-state index contributed by atoms with van der Waals surface area (Å²) in [5.74, 6) is 0. The Labute approximate surface area is 86.1 Å². The number of benzene rings is 1. The van der Waals surface area contributed by atoms with E-state index in [1.165, 1.54) is 10.6 Å². The molecule has 0 aliphatic carbocycles. The van der Waals surface area contributed by atoms with Crippen LogP contribution in [-0.2, 0) is 6.42 Å². The zero-order chi connectivity index (χ0) is 10.2. The van der Waals surface area contributed by atoms with Gasteiger partial charge in [0.25, 0.3) is 0 Å². The van der Waals surface area contributed by atoms with Crippen LogP contribution < -0.4 is 0 Å². The van der Waals surface area contributed by atoms with E-state index in [0.717, 1.165) is 32.4 Å². The van der Waals surface area contributed by atoms with Gasteiger partial charge in [-0.05, 0) is 18.4 Å². The quantitative estimate of drug-likeness (QED) is 0.702. The third-order valence-corrected chi connectivity index (χ3v) is 2.27. The van der Waals surface area contributed by atoms with Crippen LogP contribution in [0.1, 0.15) is 25.3 Å². The zero-order valence-electron chi connectivity index (χ0n) is 8.82. The van der Waals surface area contributed by atoms with E-state index in [9.17, 15) is 5.21 Å². The maximum atomic E-state index is 9.47. The van der Waals surface area contributed by atoms with Gasteiger partial charge in [-0.25, -0.2) is 0 Å². The molecule has 2 heteroatoms. The predicted octanol–water partition coefficient (Wildman–Crippen LogP) is 2.72. The van der Waals surface area contributed by atoms with Crippen LogP contribution in [0.5, 0.6) is 0 Å². The molecular weight excluding hydrogens is 174 g/mol. The fourth-order valence-electron chi connectivity index (χ4n) is 1.36. The molecule has 0 saturated carbocycles. The largest absolute Gasteiger partial charge is 0.314 e. The van der Waals surface area contributed by atoms with Crippen LogP contribution in [0.15, 0.2) is 30.3 Å². The smallest absolute Gasteiger partial charge is 0.0278 e. The molecule has 1 aromatic rings.